The summed E-state index contributed by atoms with van der Waals surface area (Å²) in [6.07, 6.45) is -6.16. The number of aliphatic hydroxyl groups excluding tert-OH is 1. The van der Waals surface area contributed by atoms with E-state index in [0.29, 0.717) is 37.0 Å². The number of pyridine rings is 1. The van der Waals surface area contributed by atoms with Crippen LogP contribution in [0.2, 0.25) is 5.02 Å². The van der Waals surface area contributed by atoms with Crippen LogP contribution in [0.1, 0.15) is 11.7 Å². The summed E-state index contributed by atoms with van der Waals surface area (Å²) < 4.78 is 40.2. The zero-order valence-corrected chi connectivity index (χ0v) is 19.6. The highest BCUT2D eigenvalue weighted by Crippen LogP contribution is 2.34. The first-order chi connectivity index (χ1) is 16.7. The number of hydrogen-bond donors (Lipinski definition) is 1. The molecule has 0 spiro atoms. The Labute approximate surface area is 205 Å². The predicted octanol–water partition coefficient (Wildman–Crippen LogP) is 5.21. The molecule has 6 nitrogen and oxygen atoms in total. The van der Waals surface area contributed by atoms with Gasteiger partial charge in [-0.1, -0.05) is 29.8 Å². The van der Waals surface area contributed by atoms with Gasteiger partial charge in [0.2, 0.25) is 0 Å². The molecule has 1 N–H and O–H groups in total. The Morgan fingerprint density at radius 2 is 1.69 bits per heavy atom. The van der Waals surface area contributed by atoms with Gasteiger partial charge in [0, 0.05) is 56.2 Å². The van der Waals surface area contributed by atoms with Crippen LogP contribution in [-0.4, -0.2) is 52.0 Å². The van der Waals surface area contributed by atoms with Crippen molar-refractivity contribution >= 4 is 34.1 Å². The lowest BCUT2D eigenvalue weighted by Gasteiger charge is -2.37. The van der Waals surface area contributed by atoms with Crippen molar-refractivity contribution in [3.63, 3.8) is 0 Å². The van der Waals surface area contributed by atoms with Crippen molar-refractivity contribution in [3.05, 3.63) is 71.4 Å². The molecule has 0 aliphatic carbocycles. The van der Waals surface area contributed by atoms with Crippen LogP contribution in [0.15, 0.2) is 60.8 Å². The molecule has 0 bridgehead atoms. The molecule has 1 aliphatic rings. The maximum atomic E-state index is 12.7. The highest BCUT2D eigenvalue weighted by Gasteiger charge is 2.39. The van der Waals surface area contributed by atoms with Gasteiger partial charge in [-0.3, -0.25) is 0 Å². The third-order valence-corrected chi connectivity index (χ3v) is 6.67. The van der Waals surface area contributed by atoms with Gasteiger partial charge in [0.15, 0.2) is 6.10 Å². The molecule has 1 aliphatic heterocycles. The van der Waals surface area contributed by atoms with E-state index < -0.39 is 12.3 Å². The number of benzene rings is 2. The normalized spacial score (nSPS) is 15.6. The fourth-order valence-corrected chi connectivity index (χ4v) is 4.60. The van der Waals surface area contributed by atoms with E-state index in [1.54, 1.807) is 0 Å². The highest BCUT2D eigenvalue weighted by molar-refractivity contribution is 6.33. The summed E-state index contributed by atoms with van der Waals surface area (Å²) in [4.78, 5) is 13.2. The van der Waals surface area contributed by atoms with Gasteiger partial charge >= 0.3 is 6.18 Å². The standard InChI is InChI=1S/C25H23ClF3N5O/c1-32-21-5-3-2-4-20(21)31-24(32)18-14-17(7-8-19(18)26)33-10-12-34(13-11-33)22-9-6-16(15-30-22)23(35)25(27,28)29/h2-9,14-15,23,35H,10-13H2,1H3. The molecule has 4 aromatic rings. The van der Waals surface area contributed by atoms with Crippen LogP contribution in [0.25, 0.3) is 22.4 Å². The number of aromatic nitrogens is 3. The zero-order chi connectivity index (χ0) is 24.7. The number of nitrogens with zero attached hydrogens (tertiary/aromatic N) is 5. The number of alkyl halides is 3. The molecule has 0 saturated carbocycles. The summed E-state index contributed by atoms with van der Waals surface area (Å²) >= 11 is 6.56. The van der Waals surface area contributed by atoms with Gasteiger partial charge in [0.25, 0.3) is 0 Å². The average Bonchev–Trinajstić information content (AvgIpc) is 3.20. The monoisotopic (exact) mass is 501 g/mol. The summed E-state index contributed by atoms with van der Waals surface area (Å²) in [7, 11) is 1.97. The second-order valence-electron chi connectivity index (χ2n) is 8.52. The summed E-state index contributed by atoms with van der Waals surface area (Å²) in [5.41, 5.74) is 3.54. The van der Waals surface area contributed by atoms with Crippen LogP contribution in [0.5, 0.6) is 0 Å². The van der Waals surface area contributed by atoms with Crippen molar-refractivity contribution < 1.29 is 18.3 Å². The predicted molar refractivity (Wildman–Crippen MR) is 131 cm³/mol. The molecule has 1 atom stereocenters. The third kappa shape index (κ3) is 4.53. The van der Waals surface area contributed by atoms with E-state index in [0.717, 1.165) is 34.3 Å². The summed E-state index contributed by atoms with van der Waals surface area (Å²) in [6.45, 7) is 2.72. The number of para-hydroxylation sites is 2. The Morgan fingerprint density at radius 1 is 0.971 bits per heavy atom. The van der Waals surface area contributed by atoms with E-state index in [9.17, 15) is 18.3 Å². The average molecular weight is 502 g/mol. The van der Waals surface area contributed by atoms with Crippen molar-refractivity contribution in [2.45, 2.75) is 12.3 Å². The second-order valence-corrected chi connectivity index (χ2v) is 8.92. The van der Waals surface area contributed by atoms with Gasteiger partial charge in [-0.15, -0.1) is 0 Å². The van der Waals surface area contributed by atoms with Crippen molar-refractivity contribution in [2.24, 2.45) is 7.05 Å². The van der Waals surface area contributed by atoms with Gasteiger partial charge < -0.3 is 19.5 Å². The van der Waals surface area contributed by atoms with Gasteiger partial charge in [-0.2, -0.15) is 13.2 Å². The van der Waals surface area contributed by atoms with Crippen molar-refractivity contribution in [1.29, 1.82) is 0 Å². The molecule has 2 aromatic carbocycles. The fourth-order valence-electron chi connectivity index (χ4n) is 4.40. The van der Waals surface area contributed by atoms with Gasteiger partial charge in [-0.05, 0) is 36.4 Å². The van der Waals surface area contributed by atoms with Crippen LogP contribution in [0.4, 0.5) is 24.7 Å². The number of rotatable bonds is 4. The number of halogens is 4. The zero-order valence-electron chi connectivity index (χ0n) is 18.9. The van der Waals surface area contributed by atoms with Crippen LogP contribution < -0.4 is 9.80 Å². The number of hydrogen-bond acceptors (Lipinski definition) is 5. The number of anilines is 2. The van der Waals surface area contributed by atoms with E-state index in [1.807, 2.05) is 59.0 Å². The Morgan fingerprint density at radius 3 is 2.34 bits per heavy atom. The van der Waals surface area contributed by atoms with Gasteiger partial charge in [0.1, 0.15) is 11.6 Å². The van der Waals surface area contributed by atoms with E-state index in [1.165, 1.54) is 12.1 Å². The minimum absolute atomic E-state index is 0.268. The van der Waals surface area contributed by atoms with E-state index >= 15 is 0 Å². The number of aryl methyl sites for hydroxylation is 1. The molecule has 1 saturated heterocycles. The summed E-state index contributed by atoms with van der Waals surface area (Å²) in [5, 5.41) is 10.0. The highest BCUT2D eigenvalue weighted by atomic mass is 35.5. The Balaban J connectivity index is 1.31. The van der Waals surface area contributed by atoms with Crippen molar-refractivity contribution in [2.75, 3.05) is 36.0 Å². The maximum absolute atomic E-state index is 12.7. The topological polar surface area (TPSA) is 57.4 Å². The first-order valence-electron chi connectivity index (χ1n) is 11.1. The summed E-state index contributed by atoms with van der Waals surface area (Å²) in [6, 6.07) is 16.6. The van der Waals surface area contributed by atoms with Crippen LogP contribution in [0.3, 0.4) is 0 Å². The number of imidazole rings is 1. The lowest BCUT2D eigenvalue weighted by Crippen LogP contribution is -2.46. The third-order valence-electron chi connectivity index (χ3n) is 6.34. The van der Waals surface area contributed by atoms with E-state index in [4.69, 9.17) is 16.6 Å². The maximum Gasteiger partial charge on any atom is 0.418 e. The van der Waals surface area contributed by atoms with Crippen molar-refractivity contribution in [3.8, 4) is 11.4 Å². The van der Waals surface area contributed by atoms with Crippen molar-refractivity contribution in [1.82, 2.24) is 14.5 Å². The molecule has 0 amide bonds. The Bertz CT molecular complexity index is 1350. The van der Waals surface area contributed by atoms with Crippen LogP contribution >= 0.6 is 11.6 Å². The van der Waals surface area contributed by atoms with Crippen LogP contribution in [0, 0.1) is 0 Å². The first kappa shape index (κ1) is 23.4. The lowest BCUT2D eigenvalue weighted by atomic mass is 10.1. The fraction of sp³-hybridized carbons (Fsp3) is 0.280. The molecular formula is C25H23ClF3N5O. The molecule has 1 unspecified atom stereocenters. The molecular weight excluding hydrogens is 479 g/mol. The molecule has 182 valence electrons. The molecule has 1 fully saturated rings. The smallest absolute Gasteiger partial charge is 0.379 e. The van der Waals surface area contributed by atoms with Gasteiger partial charge in [-0.25, -0.2) is 9.97 Å². The lowest BCUT2D eigenvalue weighted by molar-refractivity contribution is -0.206. The van der Waals surface area contributed by atoms with Crippen LogP contribution in [-0.2, 0) is 7.05 Å². The number of aliphatic hydroxyl groups is 1. The SMILES string of the molecule is Cn1c(-c2cc(N3CCN(c4ccc(C(O)C(F)(F)F)cn4)CC3)ccc2Cl)nc2ccccc21. The summed E-state index contributed by atoms with van der Waals surface area (Å²) in [5.74, 6) is 1.38. The largest absolute Gasteiger partial charge is 0.418 e. The Hall–Kier alpha value is -3.30. The second kappa shape index (κ2) is 9.05. The van der Waals surface area contributed by atoms with E-state index in [2.05, 4.69) is 9.88 Å². The Kier molecular flexibility index (Phi) is 6.06. The number of fused-ring (bicyclic) bond motifs is 1. The molecule has 2 aromatic heterocycles. The molecule has 35 heavy (non-hydrogen) atoms. The molecule has 3 heterocycles. The molecule has 10 heteroatoms. The van der Waals surface area contributed by atoms with Gasteiger partial charge in [0.05, 0.1) is 16.1 Å². The minimum atomic E-state index is -4.71. The first-order valence-corrected chi connectivity index (χ1v) is 11.5. The minimum Gasteiger partial charge on any atom is -0.379 e. The molecule has 5 rings (SSSR count). The number of piperazine rings is 1. The van der Waals surface area contributed by atoms with E-state index in [-0.39, 0.29) is 5.56 Å². The quantitative estimate of drug-likeness (QED) is 0.416. The molecule has 0 radical (unpaired) electrons.